The summed E-state index contributed by atoms with van der Waals surface area (Å²) in [5, 5.41) is 10.6. The van der Waals surface area contributed by atoms with Gasteiger partial charge in [-0.15, -0.1) is 0 Å². The summed E-state index contributed by atoms with van der Waals surface area (Å²) in [7, 11) is -9.90. The van der Waals surface area contributed by atoms with Crippen molar-refractivity contribution in [1.29, 1.82) is 0 Å². The predicted molar refractivity (Wildman–Crippen MR) is 358 cm³/mol. The molecule has 0 saturated heterocycles. The Balaban J connectivity index is 5.22. The van der Waals surface area contributed by atoms with Crippen LogP contribution in [0, 0.1) is 17.8 Å². The van der Waals surface area contributed by atoms with Crippen molar-refractivity contribution in [3.63, 3.8) is 0 Å². The molecular formula is C70H136O17P2. The predicted octanol–water partition coefficient (Wildman–Crippen LogP) is 19.8. The number of hydrogen-bond donors (Lipinski definition) is 3. The van der Waals surface area contributed by atoms with Crippen molar-refractivity contribution in [1.82, 2.24) is 0 Å². The number of aliphatic hydroxyl groups is 1. The van der Waals surface area contributed by atoms with Gasteiger partial charge in [0.1, 0.15) is 19.3 Å². The van der Waals surface area contributed by atoms with Gasteiger partial charge in [-0.05, 0) is 43.4 Å². The first-order valence-electron chi connectivity index (χ1n) is 36.3. The van der Waals surface area contributed by atoms with Crippen LogP contribution < -0.4 is 0 Å². The summed E-state index contributed by atoms with van der Waals surface area (Å²) >= 11 is 0. The molecule has 0 saturated carbocycles. The van der Waals surface area contributed by atoms with Crippen LogP contribution in [0.2, 0.25) is 0 Å². The van der Waals surface area contributed by atoms with Gasteiger partial charge in [-0.1, -0.05) is 299 Å². The highest BCUT2D eigenvalue weighted by molar-refractivity contribution is 7.47. The van der Waals surface area contributed by atoms with Crippen molar-refractivity contribution in [2.45, 2.75) is 369 Å². The van der Waals surface area contributed by atoms with Crippen LogP contribution in [0.1, 0.15) is 350 Å². The Kier molecular flexibility index (Phi) is 59.6. The summed E-state index contributed by atoms with van der Waals surface area (Å²) in [6, 6.07) is 0. The maximum atomic E-state index is 13.0. The molecule has 0 spiro atoms. The Labute approximate surface area is 543 Å². The second-order valence-electron chi connectivity index (χ2n) is 26.7. The molecule has 0 aliphatic carbocycles. The topological polar surface area (TPSA) is 237 Å². The number of aliphatic hydroxyl groups excluding tert-OH is 1. The molecule has 0 aromatic rings. The first-order valence-corrected chi connectivity index (χ1v) is 39.3. The maximum absolute atomic E-state index is 13.0. The van der Waals surface area contributed by atoms with Gasteiger partial charge < -0.3 is 33.8 Å². The minimum absolute atomic E-state index is 0.105. The highest BCUT2D eigenvalue weighted by Gasteiger charge is 2.30. The van der Waals surface area contributed by atoms with E-state index in [2.05, 4.69) is 48.5 Å². The van der Waals surface area contributed by atoms with Crippen molar-refractivity contribution in [2.75, 3.05) is 39.6 Å². The number of hydrogen-bond acceptors (Lipinski definition) is 15. The van der Waals surface area contributed by atoms with Crippen molar-refractivity contribution in [3.05, 3.63) is 0 Å². The fraction of sp³-hybridized carbons (Fsp3) is 0.943. The Hall–Kier alpha value is -1.94. The molecule has 19 heteroatoms. The van der Waals surface area contributed by atoms with Crippen LogP contribution in [0.5, 0.6) is 0 Å². The van der Waals surface area contributed by atoms with Crippen LogP contribution in [-0.2, 0) is 65.4 Å². The molecule has 2 unspecified atom stereocenters. The highest BCUT2D eigenvalue weighted by atomic mass is 31.2. The third-order valence-electron chi connectivity index (χ3n) is 16.1. The largest absolute Gasteiger partial charge is 0.472 e. The van der Waals surface area contributed by atoms with Crippen LogP contribution in [0.4, 0.5) is 0 Å². The standard InChI is InChI=1S/C70H136O17P2/c1-8-9-10-11-27-37-44-51-67(72)80-57-65(86-70(75)54-47-40-33-26-20-23-30-36-43-50-63(6)7)59-84-88(76,77)82-55-64(71)56-83-89(78,79)85-60-66(58-81-68(73)52-45-38-31-24-19-15-17-22-29-35-42-49-62(4)5)87-69(74)53-46-39-32-25-18-14-12-13-16-21-28-34-41-48-61(2)3/h61-66,71H,8-60H2,1-7H3,(H,76,77)(H,78,79)/t64-,65+,66+/m0/s1. The van der Waals surface area contributed by atoms with Gasteiger partial charge in [0.25, 0.3) is 0 Å². The lowest BCUT2D eigenvalue weighted by molar-refractivity contribution is -0.161. The van der Waals surface area contributed by atoms with E-state index in [-0.39, 0.29) is 25.7 Å². The van der Waals surface area contributed by atoms with Gasteiger partial charge in [-0.3, -0.25) is 37.3 Å². The van der Waals surface area contributed by atoms with Crippen LogP contribution >= 0.6 is 15.6 Å². The zero-order chi connectivity index (χ0) is 65.9. The summed E-state index contributed by atoms with van der Waals surface area (Å²) in [5.41, 5.74) is 0. The molecular weight excluding hydrogens is 1170 g/mol. The van der Waals surface area contributed by atoms with Gasteiger partial charge in [0.05, 0.1) is 26.4 Å². The number of esters is 4. The van der Waals surface area contributed by atoms with Crippen molar-refractivity contribution in [3.8, 4) is 0 Å². The van der Waals surface area contributed by atoms with E-state index in [1.54, 1.807) is 0 Å². The summed E-state index contributed by atoms with van der Waals surface area (Å²) < 4.78 is 68.2. The van der Waals surface area contributed by atoms with Gasteiger partial charge in [-0.2, -0.15) is 0 Å². The fourth-order valence-corrected chi connectivity index (χ4v) is 12.1. The molecule has 0 heterocycles. The Morgan fingerprint density at radius 1 is 0.303 bits per heavy atom. The molecule has 0 amide bonds. The quantitative estimate of drug-likeness (QED) is 0.0222. The fourth-order valence-electron chi connectivity index (χ4n) is 10.5. The number of phosphoric acid groups is 2. The van der Waals surface area contributed by atoms with Crippen molar-refractivity contribution >= 4 is 39.5 Å². The second-order valence-corrected chi connectivity index (χ2v) is 29.6. The first kappa shape index (κ1) is 87.1. The molecule has 3 N–H and O–H groups in total. The second kappa shape index (κ2) is 61.0. The molecule has 0 rings (SSSR count). The summed E-state index contributed by atoms with van der Waals surface area (Å²) in [6.07, 6.45) is 44.5. The molecule has 0 aromatic carbocycles. The van der Waals surface area contributed by atoms with E-state index in [1.807, 2.05) is 0 Å². The van der Waals surface area contributed by atoms with E-state index in [4.69, 9.17) is 37.0 Å². The summed E-state index contributed by atoms with van der Waals surface area (Å²) in [6.45, 7) is 11.8. The molecule has 0 aliphatic heterocycles. The molecule has 0 fully saturated rings. The van der Waals surface area contributed by atoms with Gasteiger partial charge in [0.15, 0.2) is 12.2 Å². The molecule has 0 radical (unpaired) electrons. The highest BCUT2D eigenvalue weighted by Crippen LogP contribution is 2.45. The van der Waals surface area contributed by atoms with Gasteiger partial charge in [0.2, 0.25) is 0 Å². The smallest absolute Gasteiger partial charge is 0.462 e. The van der Waals surface area contributed by atoms with Crippen LogP contribution in [0.25, 0.3) is 0 Å². The van der Waals surface area contributed by atoms with Gasteiger partial charge >= 0.3 is 39.5 Å². The molecule has 5 atom stereocenters. The lowest BCUT2D eigenvalue weighted by atomic mass is 10.0. The Morgan fingerprint density at radius 2 is 0.517 bits per heavy atom. The monoisotopic (exact) mass is 1310 g/mol. The van der Waals surface area contributed by atoms with Gasteiger partial charge in [-0.25, -0.2) is 9.13 Å². The summed E-state index contributed by atoms with van der Waals surface area (Å²) in [5.74, 6) is 0.164. The zero-order valence-corrected chi connectivity index (χ0v) is 59.7. The molecule has 89 heavy (non-hydrogen) atoms. The van der Waals surface area contributed by atoms with Crippen LogP contribution in [-0.4, -0.2) is 96.7 Å². The van der Waals surface area contributed by atoms with E-state index in [0.29, 0.717) is 25.7 Å². The Bertz CT molecular complexity index is 1750. The number of ether oxygens (including phenoxy) is 4. The minimum atomic E-state index is -4.95. The molecule has 17 nitrogen and oxygen atoms in total. The lowest BCUT2D eigenvalue weighted by Crippen LogP contribution is -2.30. The third-order valence-corrected chi connectivity index (χ3v) is 18.0. The number of unbranched alkanes of at least 4 members (excludes halogenated alkanes) is 36. The van der Waals surface area contributed by atoms with Crippen LogP contribution in [0.15, 0.2) is 0 Å². The average Bonchev–Trinajstić information content (AvgIpc) is 3.53. The van der Waals surface area contributed by atoms with E-state index in [0.717, 1.165) is 120 Å². The van der Waals surface area contributed by atoms with Crippen LogP contribution in [0.3, 0.4) is 0 Å². The van der Waals surface area contributed by atoms with E-state index in [9.17, 15) is 43.2 Å². The molecule has 528 valence electrons. The SMILES string of the molecule is CCCCCCCCCC(=O)OC[C@H](COP(=O)(O)OC[C@H](O)COP(=O)(O)OC[C@@H](COC(=O)CCCCCCCCCCCCCC(C)C)OC(=O)CCCCCCCCCCCCCCCC(C)C)OC(=O)CCCCCCCCCCCC(C)C. The average molecular weight is 1310 g/mol. The summed E-state index contributed by atoms with van der Waals surface area (Å²) in [4.78, 5) is 72.4. The van der Waals surface area contributed by atoms with E-state index >= 15 is 0 Å². The minimum Gasteiger partial charge on any atom is -0.462 e. The number of carbonyl (C=O) groups excluding carboxylic acids is 4. The molecule has 0 bridgehead atoms. The number of carbonyl (C=O) groups is 4. The van der Waals surface area contributed by atoms with E-state index in [1.165, 1.54) is 148 Å². The first-order chi connectivity index (χ1) is 42.7. The van der Waals surface area contributed by atoms with Crippen molar-refractivity contribution < 1.29 is 80.2 Å². The molecule has 0 aliphatic rings. The zero-order valence-electron chi connectivity index (χ0n) is 57.9. The number of phosphoric ester groups is 2. The number of rotatable bonds is 68. The lowest BCUT2D eigenvalue weighted by Gasteiger charge is -2.21. The molecule has 0 aromatic heterocycles. The Morgan fingerprint density at radius 3 is 0.764 bits per heavy atom. The third kappa shape index (κ3) is 64.6. The van der Waals surface area contributed by atoms with Crippen molar-refractivity contribution in [2.24, 2.45) is 17.8 Å². The van der Waals surface area contributed by atoms with E-state index < -0.39 is 97.5 Å². The normalized spacial score (nSPS) is 14.2. The maximum Gasteiger partial charge on any atom is 0.472 e. The van der Waals surface area contributed by atoms with Gasteiger partial charge in [0, 0.05) is 25.7 Å².